The Kier molecular flexibility index (Phi) is 3.60. The molecule has 7 heteroatoms. The maximum atomic E-state index is 11.6. The number of H-pyrrole nitrogens is 2. The Labute approximate surface area is 116 Å². The van der Waals surface area contributed by atoms with Crippen molar-refractivity contribution in [2.75, 3.05) is 6.54 Å². The fourth-order valence-electron chi connectivity index (χ4n) is 2.71. The molecule has 1 aliphatic rings. The summed E-state index contributed by atoms with van der Waals surface area (Å²) in [6, 6.07) is 1.79. The summed E-state index contributed by atoms with van der Waals surface area (Å²) in [7, 11) is 0. The molecule has 0 unspecified atom stereocenters. The van der Waals surface area contributed by atoms with Crippen LogP contribution in [0.5, 0.6) is 0 Å². The molecule has 0 aliphatic carbocycles. The van der Waals surface area contributed by atoms with Crippen LogP contribution >= 0.6 is 0 Å². The SMILES string of the molecule is CCc1cc(=O)[nH]c(CN2CCC[C@H]2c2ncn[nH]2)n1. The molecule has 2 N–H and O–H groups in total. The van der Waals surface area contributed by atoms with Gasteiger partial charge < -0.3 is 4.98 Å². The number of nitrogens with zero attached hydrogens (tertiary/aromatic N) is 4. The molecule has 1 aliphatic heterocycles. The predicted molar refractivity (Wildman–Crippen MR) is 73.0 cm³/mol. The molecule has 2 aromatic rings. The van der Waals surface area contributed by atoms with Crippen LogP contribution < -0.4 is 5.56 Å². The zero-order valence-corrected chi connectivity index (χ0v) is 11.5. The van der Waals surface area contributed by atoms with Crippen LogP contribution in [0.3, 0.4) is 0 Å². The normalized spacial score (nSPS) is 19.6. The number of aryl methyl sites for hydroxylation is 1. The Balaban J connectivity index is 1.80. The van der Waals surface area contributed by atoms with E-state index in [2.05, 4.69) is 30.0 Å². The highest BCUT2D eigenvalue weighted by molar-refractivity contribution is 5.04. The second-order valence-corrected chi connectivity index (χ2v) is 5.04. The average molecular weight is 274 g/mol. The van der Waals surface area contributed by atoms with Crippen LogP contribution in [-0.4, -0.2) is 36.6 Å². The van der Waals surface area contributed by atoms with Crippen molar-refractivity contribution >= 4 is 0 Å². The number of aromatic amines is 2. The van der Waals surface area contributed by atoms with Crippen LogP contribution in [0.25, 0.3) is 0 Å². The molecule has 0 amide bonds. The highest BCUT2D eigenvalue weighted by Crippen LogP contribution is 2.30. The van der Waals surface area contributed by atoms with E-state index in [1.807, 2.05) is 6.92 Å². The maximum absolute atomic E-state index is 11.6. The lowest BCUT2D eigenvalue weighted by molar-refractivity contribution is 0.234. The number of aromatic nitrogens is 5. The van der Waals surface area contributed by atoms with Gasteiger partial charge in [-0.25, -0.2) is 9.97 Å². The van der Waals surface area contributed by atoms with Crippen molar-refractivity contribution in [2.45, 2.75) is 38.8 Å². The molecule has 0 radical (unpaired) electrons. The van der Waals surface area contributed by atoms with Crippen LogP contribution in [0.4, 0.5) is 0 Å². The Hall–Kier alpha value is -2.02. The van der Waals surface area contributed by atoms with Crippen molar-refractivity contribution in [1.29, 1.82) is 0 Å². The molecule has 0 spiro atoms. The first kappa shape index (κ1) is 13.0. The molecular weight excluding hydrogens is 256 g/mol. The van der Waals surface area contributed by atoms with E-state index in [1.54, 1.807) is 6.07 Å². The number of nitrogens with one attached hydrogen (secondary N) is 2. The molecule has 0 bridgehead atoms. The predicted octanol–water partition coefficient (Wildman–Crippen LogP) is 0.787. The lowest BCUT2D eigenvalue weighted by Crippen LogP contribution is -2.26. The van der Waals surface area contributed by atoms with Crippen LogP contribution in [0, 0.1) is 0 Å². The second kappa shape index (κ2) is 5.54. The van der Waals surface area contributed by atoms with E-state index in [-0.39, 0.29) is 11.6 Å². The van der Waals surface area contributed by atoms with Gasteiger partial charge in [-0.1, -0.05) is 6.92 Å². The second-order valence-electron chi connectivity index (χ2n) is 5.04. The maximum Gasteiger partial charge on any atom is 0.251 e. The van der Waals surface area contributed by atoms with E-state index in [1.165, 1.54) is 6.33 Å². The average Bonchev–Trinajstić information content (AvgIpc) is 3.08. The summed E-state index contributed by atoms with van der Waals surface area (Å²) in [5, 5.41) is 6.85. The standard InChI is InChI=1S/C13H18N6O/c1-2-9-6-12(20)17-11(16-9)7-19-5-3-4-10(19)13-14-8-15-18-13/h6,8,10H,2-5,7H2,1H3,(H,14,15,18)(H,16,17,20)/t10-/m0/s1. The van der Waals surface area contributed by atoms with E-state index in [4.69, 9.17) is 0 Å². The first-order valence-corrected chi connectivity index (χ1v) is 6.94. The lowest BCUT2D eigenvalue weighted by atomic mass is 10.2. The van der Waals surface area contributed by atoms with Gasteiger partial charge in [-0.15, -0.1) is 0 Å². The van der Waals surface area contributed by atoms with Gasteiger partial charge in [0, 0.05) is 11.8 Å². The summed E-state index contributed by atoms with van der Waals surface area (Å²) in [6.07, 6.45) is 4.46. The van der Waals surface area contributed by atoms with Crippen LogP contribution in [0.1, 0.15) is 43.1 Å². The summed E-state index contributed by atoms with van der Waals surface area (Å²) in [4.78, 5) is 25.4. The van der Waals surface area contributed by atoms with Crippen molar-refractivity contribution in [3.8, 4) is 0 Å². The Morgan fingerprint density at radius 3 is 3.15 bits per heavy atom. The third-order valence-electron chi connectivity index (χ3n) is 3.67. The topological polar surface area (TPSA) is 90.6 Å². The van der Waals surface area contributed by atoms with E-state index >= 15 is 0 Å². The smallest absolute Gasteiger partial charge is 0.251 e. The Bertz CT molecular complexity index is 620. The van der Waals surface area contributed by atoms with Crippen LogP contribution in [-0.2, 0) is 13.0 Å². The molecule has 1 saturated heterocycles. The molecule has 1 atom stereocenters. The van der Waals surface area contributed by atoms with Gasteiger partial charge in [0.05, 0.1) is 12.6 Å². The summed E-state index contributed by atoms with van der Waals surface area (Å²) >= 11 is 0. The van der Waals surface area contributed by atoms with Crippen molar-refractivity contribution < 1.29 is 0 Å². The number of rotatable bonds is 4. The molecule has 106 valence electrons. The first-order valence-electron chi connectivity index (χ1n) is 6.94. The molecule has 0 aromatic carbocycles. The van der Waals surface area contributed by atoms with Crippen molar-refractivity contribution in [2.24, 2.45) is 0 Å². The van der Waals surface area contributed by atoms with Crippen LogP contribution in [0.15, 0.2) is 17.2 Å². The van der Waals surface area contributed by atoms with Crippen molar-refractivity contribution in [3.63, 3.8) is 0 Å². The van der Waals surface area contributed by atoms with Gasteiger partial charge in [-0.3, -0.25) is 14.8 Å². The Morgan fingerprint density at radius 2 is 2.40 bits per heavy atom. The monoisotopic (exact) mass is 274 g/mol. The van der Waals surface area contributed by atoms with E-state index in [0.29, 0.717) is 6.54 Å². The minimum Gasteiger partial charge on any atom is -0.309 e. The highest BCUT2D eigenvalue weighted by atomic mass is 16.1. The van der Waals surface area contributed by atoms with E-state index < -0.39 is 0 Å². The molecule has 0 saturated carbocycles. The minimum absolute atomic E-state index is 0.0812. The van der Waals surface area contributed by atoms with Crippen molar-refractivity contribution in [3.05, 3.63) is 40.1 Å². The zero-order valence-electron chi connectivity index (χ0n) is 11.5. The fourth-order valence-corrected chi connectivity index (χ4v) is 2.71. The van der Waals surface area contributed by atoms with E-state index in [9.17, 15) is 4.79 Å². The number of likely N-dealkylation sites (tertiary alicyclic amines) is 1. The molecule has 7 nitrogen and oxygen atoms in total. The van der Waals surface area contributed by atoms with Gasteiger partial charge in [0.15, 0.2) is 0 Å². The van der Waals surface area contributed by atoms with E-state index in [0.717, 1.165) is 43.1 Å². The molecule has 3 rings (SSSR count). The largest absolute Gasteiger partial charge is 0.309 e. The molecule has 20 heavy (non-hydrogen) atoms. The Morgan fingerprint density at radius 1 is 1.50 bits per heavy atom. The minimum atomic E-state index is -0.0812. The molecule has 2 aromatic heterocycles. The summed E-state index contributed by atoms with van der Waals surface area (Å²) in [5.74, 6) is 1.61. The highest BCUT2D eigenvalue weighted by Gasteiger charge is 2.28. The number of hydrogen-bond acceptors (Lipinski definition) is 5. The van der Waals surface area contributed by atoms with Gasteiger partial charge in [0.1, 0.15) is 18.0 Å². The summed E-state index contributed by atoms with van der Waals surface area (Å²) < 4.78 is 0. The summed E-state index contributed by atoms with van der Waals surface area (Å²) in [6.45, 7) is 3.61. The molecule has 1 fully saturated rings. The van der Waals surface area contributed by atoms with Gasteiger partial charge in [0.25, 0.3) is 5.56 Å². The first-order chi connectivity index (χ1) is 9.76. The molecular formula is C13H18N6O. The lowest BCUT2D eigenvalue weighted by Gasteiger charge is -2.21. The molecule has 3 heterocycles. The van der Waals surface area contributed by atoms with Gasteiger partial charge >= 0.3 is 0 Å². The van der Waals surface area contributed by atoms with Gasteiger partial charge in [-0.2, -0.15) is 5.10 Å². The van der Waals surface area contributed by atoms with Gasteiger partial charge in [-0.05, 0) is 25.8 Å². The van der Waals surface area contributed by atoms with Crippen molar-refractivity contribution in [1.82, 2.24) is 30.0 Å². The quantitative estimate of drug-likeness (QED) is 0.860. The number of hydrogen-bond donors (Lipinski definition) is 2. The zero-order chi connectivity index (χ0) is 13.9. The van der Waals surface area contributed by atoms with Crippen LogP contribution in [0.2, 0.25) is 0 Å². The third-order valence-corrected chi connectivity index (χ3v) is 3.67. The summed E-state index contributed by atoms with van der Waals surface area (Å²) in [5.41, 5.74) is 0.751. The third kappa shape index (κ3) is 2.62. The fraction of sp³-hybridized carbons (Fsp3) is 0.538. The van der Waals surface area contributed by atoms with Gasteiger partial charge in [0.2, 0.25) is 0 Å².